The van der Waals surface area contributed by atoms with Gasteiger partial charge in [-0.3, -0.25) is 14.5 Å². The van der Waals surface area contributed by atoms with Gasteiger partial charge in [-0.05, 0) is 49.0 Å². The zero-order valence-electron chi connectivity index (χ0n) is 14.1. The minimum atomic E-state index is -0.524. The summed E-state index contributed by atoms with van der Waals surface area (Å²) in [5.41, 5.74) is 6.84. The summed E-state index contributed by atoms with van der Waals surface area (Å²) >= 11 is 0. The molecule has 25 heavy (non-hydrogen) atoms. The molecule has 0 aliphatic rings. The van der Waals surface area contributed by atoms with Gasteiger partial charge in [-0.1, -0.05) is 6.07 Å². The number of methoxy groups -OCH3 is 1. The summed E-state index contributed by atoms with van der Waals surface area (Å²) in [6.45, 7) is 0.542. The number of nitrogens with two attached hydrogens (primary N) is 1. The van der Waals surface area contributed by atoms with Crippen molar-refractivity contribution in [3.05, 3.63) is 59.4 Å². The summed E-state index contributed by atoms with van der Waals surface area (Å²) in [5.74, 6) is -0.997. The SMILES string of the molecule is COc1ccc(CN(C)CC(=O)Nc2ccc(C(N)=O)cc2)cc1F. The first kappa shape index (κ1) is 18.4. The third kappa shape index (κ3) is 5.29. The molecule has 0 saturated carbocycles. The molecule has 0 saturated heterocycles. The van der Waals surface area contributed by atoms with Crippen molar-refractivity contribution in [1.29, 1.82) is 0 Å². The largest absolute Gasteiger partial charge is 0.494 e. The van der Waals surface area contributed by atoms with E-state index in [1.165, 1.54) is 13.2 Å². The van der Waals surface area contributed by atoms with Gasteiger partial charge < -0.3 is 15.8 Å². The number of nitrogens with one attached hydrogen (secondary N) is 1. The lowest BCUT2D eigenvalue weighted by molar-refractivity contribution is -0.117. The summed E-state index contributed by atoms with van der Waals surface area (Å²) in [6, 6.07) is 11.0. The first-order valence-corrected chi connectivity index (χ1v) is 7.59. The Morgan fingerprint density at radius 1 is 1.20 bits per heavy atom. The Kier molecular flexibility index (Phi) is 6.08. The molecule has 6 nitrogen and oxygen atoms in total. The summed E-state index contributed by atoms with van der Waals surface area (Å²) in [4.78, 5) is 24.8. The van der Waals surface area contributed by atoms with Gasteiger partial charge in [-0.2, -0.15) is 0 Å². The maximum Gasteiger partial charge on any atom is 0.248 e. The molecule has 132 valence electrons. The average molecular weight is 345 g/mol. The molecule has 2 aromatic rings. The zero-order chi connectivity index (χ0) is 18.4. The molecule has 0 heterocycles. The van der Waals surface area contributed by atoms with Crippen molar-refractivity contribution in [1.82, 2.24) is 4.90 Å². The number of anilines is 1. The summed E-state index contributed by atoms with van der Waals surface area (Å²) in [6.07, 6.45) is 0. The monoisotopic (exact) mass is 345 g/mol. The molecule has 0 aromatic heterocycles. The van der Waals surface area contributed by atoms with Gasteiger partial charge in [-0.25, -0.2) is 4.39 Å². The van der Waals surface area contributed by atoms with Crippen molar-refractivity contribution in [2.45, 2.75) is 6.54 Å². The number of halogens is 1. The lowest BCUT2D eigenvalue weighted by Gasteiger charge is -2.17. The van der Waals surface area contributed by atoms with Crippen LogP contribution in [-0.2, 0) is 11.3 Å². The Morgan fingerprint density at radius 2 is 1.88 bits per heavy atom. The van der Waals surface area contributed by atoms with Crippen LogP contribution in [-0.4, -0.2) is 37.4 Å². The van der Waals surface area contributed by atoms with E-state index in [1.807, 2.05) is 0 Å². The van der Waals surface area contributed by atoms with Crippen LogP contribution in [0.2, 0.25) is 0 Å². The van der Waals surface area contributed by atoms with Crippen molar-refractivity contribution >= 4 is 17.5 Å². The number of amides is 2. The number of carbonyl (C=O) groups is 2. The van der Waals surface area contributed by atoms with Crippen molar-refractivity contribution in [2.75, 3.05) is 26.0 Å². The van der Waals surface area contributed by atoms with Crippen LogP contribution in [0, 0.1) is 5.82 Å². The second-order valence-corrected chi connectivity index (χ2v) is 5.63. The number of likely N-dealkylation sites (N-methyl/N-ethyl adjacent to an activating group) is 1. The minimum Gasteiger partial charge on any atom is -0.494 e. The van der Waals surface area contributed by atoms with Crippen LogP contribution in [0.5, 0.6) is 5.75 Å². The Morgan fingerprint density at radius 3 is 2.44 bits per heavy atom. The number of carbonyl (C=O) groups excluding carboxylic acids is 2. The highest BCUT2D eigenvalue weighted by Gasteiger charge is 2.10. The number of primary amides is 1. The fraction of sp³-hybridized carbons (Fsp3) is 0.222. The highest BCUT2D eigenvalue weighted by Crippen LogP contribution is 2.18. The quantitative estimate of drug-likeness (QED) is 0.804. The molecule has 0 unspecified atom stereocenters. The molecule has 0 radical (unpaired) electrons. The highest BCUT2D eigenvalue weighted by molar-refractivity contribution is 5.95. The smallest absolute Gasteiger partial charge is 0.248 e. The second-order valence-electron chi connectivity index (χ2n) is 5.63. The average Bonchev–Trinajstić information content (AvgIpc) is 2.55. The van der Waals surface area contributed by atoms with Crippen LogP contribution < -0.4 is 15.8 Å². The minimum absolute atomic E-state index is 0.130. The highest BCUT2D eigenvalue weighted by atomic mass is 19.1. The van der Waals surface area contributed by atoms with Gasteiger partial charge in [0, 0.05) is 17.8 Å². The fourth-order valence-corrected chi connectivity index (χ4v) is 2.34. The van der Waals surface area contributed by atoms with E-state index >= 15 is 0 Å². The maximum atomic E-state index is 13.7. The van der Waals surface area contributed by atoms with Crippen LogP contribution in [0.4, 0.5) is 10.1 Å². The molecule has 2 amide bonds. The van der Waals surface area contributed by atoms with Crippen LogP contribution in [0.3, 0.4) is 0 Å². The van der Waals surface area contributed by atoms with Crippen molar-refractivity contribution < 1.29 is 18.7 Å². The summed E-state index contributed by atoms with van der Waals surface area (Å²) in [5, 5.41) is 2.73. The third-order valence-electron chi connectivity index (χ3n) is 3.54. The van der Waals surface area contributed by atoms with E-state index in [0.29, 0.717) is 17.8 Å². The van der Waals surface area contributed by atoms with Gasteiger partial charge in [0.1, 0.15) is 0 Å². The van der Waals surface area contributed by atoms with Gasteiger partial charge in [0.15, 0.2) is 11.6 Å². The number of rotatable bonds is 7. The molecular formula is C18H20FN3O3. The Balaban J connectivity index is 1.89. The topological polar surface area (TPSA) is 84.7 Å². The Labute approximate surface area is 145 Å². The van der Waals surface area contributed by atoms with Gasteiger partial charge in [0.05, 0.1) is 13.7 Å². The summed E-state index contributed by atoms with van der Waals surface area (Å²) < 4.78 is 18.6. The predicted octanol–water partition coefficient (Wildman–Crippen LogP) is 2.00. The molecule has 2 aromatic carbocycles. The molecule has 0 spiro atoms. The van der Waals surface area contributed by atoms with Gasteiger partial charge in [-0.15, -0.1) is 0 Å². The number of benzene rings is 2. The van der Waals surface area contributed by atoms with Crippen molar-refractivity contribution in [2.24, 2.45) is 5.73 Å². The molecule has 0 aliphatic carbocycles. The normalized spacial score (nSPS) is 10.6. The number of nitrogens with zero attached hydrogens (tertiary/aromatic N) is 1. The lowest BCUT2D eigenvalue weighted by Crippen LogP contribution is -2.29. The van der Waals surface area contributed by atoms with E-state index < -0.39 is 11.7 Å². The fourth-order valence-electron chi connectivity index (χ4n) is 2.34. The van der Waals surface area contributed by atoms with E-state index in [9.17, 15) is 14.0 Å². The molecule has 3 N–H and O–H groups in total. The van der Waals surface area contributed by atoms with Crippen LogP contribution in [0.1, 0.15) is 15.9 Å². The molecule has 7 heteroatoms. The number of hydrogen-bond acceptors (Lipinski definition) is 4. The molecule has 0 fully saturated rings. The van der Waals surface area contributed by atoms with E-state index in [-0.39, 0.29) is 18.2 Å². The first-order chi connectivity index (χ1) is 11.9. The van der Waals surface area contributed by atoms with Crippen molar-refractivity contribution in [3.8, 4) is 5.75 Å². The summed E-state index contributed by atoms with van der Waals surface area (Å²) in [7, 11) is 3.17. The van der Waals surface area contributed by atoms with E-state index in [2.05, 4.69) is 5.32 Å². The van der Waals surface area contributed by atoms with Gasteiger partial charge in [0.25, 0.3) is 0 Å². The van der Waals surface area contributed by atoms with Crippen LogP contribution >= 0.6 is 0 Å². The Hall–Kier alpha value is -2.93. The van der Waals surface area contributed by atoms with E-state index in [4.69, 9.17) is 10.5 Å². The maximum absolute atomic E-state index is 13.7. The molecular weight excluding hydrogens is 325 g/mol. The molecule has 0 aliphatic heterocycles. The van der Waals surface area contributed by atoms with Gasteiger partial charge in [0.2, 0.25) is 11.8 Å². The van der Waals surface area contributed by atoms with Crippen molar-refractivity contribution in [3.63, 3.8) is 0 Å². The first-order valence-electron chi connectivity index (χ1n) is 7.59. The zero-order valence-corrected chi connectivity index (χ0v) is 14.1. The molecule has 0 bridgehead atoms. The van der Waals surface area contributed by atoms with E-state index in [0.717, 1.165) is 5.56 Å². The third-order valence-corrected chi connectivity index (χ3v) is 3.54. The van der Waals surface area contributed by atoms with Crippen LogP contribution in [0.15, 0.2) is 42.5 Å². The lowest BCUT2D eigenvalue weighted by atomic mass is 10.2. The molecule has 2 rings (SSSR count). The van der Waals surface area contributed by atoms with E-state index in [1.54, 1.807) is 48.3 Å². The predicted molar refractivity (Wildman–Crippen MR) is 92.9 cm³/mol. The molecule has 0 atom stereocenters. The standard InChI is InChI=1S/C18H20FN3O3/c1-22(10-12-3-8-16(25-2)15(19)9-12)11-17(23)21-14-6-4-13(5-7-14)18(20)24/h3-9H,10-11H2,1-2H3,(H2,20,24)(H,21,23). The Bertz CT molecular complexity index is 763. The van der Waals surface area contributed by atoms with Crippen LogP contribution in [0.25, 0.3) is 0 Å². The second kappa shape index (κ2) is 8.25. The van der Waals surface area contributed by atoms with Gasteiger partial charge >= 0.3 is 0 Å². The number of ether oxygens (including phenoxy) is 1. The number of hydrogen-bond donors (Lipinski definition) is 2.